The number of nitrogens with one attached hydrogen (secondary N) is 1. The van der Waals surface area contributed by atoms with E-state index in [2.05, 4.69) is 5.32 Å². The Bertz CT molecular complexity index is 501. The highest BCUT2D eigenvalue weighted by Gasteiger charge is 2.37. The minimum Gasteiger partial charge on any atom is -0.492 e. The number of hydrogen-bond donors (Lipinski definition) is 1. The predicted molar refractivity (Wildman–Crippen MR) is 89.9 cm³/mol. The Balaban J connectivity index is 0.00000176. The standard InChI is InChI=1S/C16H21ClN2O2.ClH/c17-14-4-1-2-5-15(14)21-7-3-6-16(20)19-10-12-8-18-9-13(12)11-19;/h1-2,4-5,12-13,18H,3,6-11H2;1H/t12-,13+;. The molecule has 0 bridgehead atoms. The van der Waals surface area contributed by atoms with Gasteiger partial charge in [0.05, 0.1) is 11.6 Å². The average Bonchev–Trinajstić information content (AvgIpc) is 3.06. The maximum atomic E-state index is 12.2. The fourth-order valence-corrected chi connectivity index (χ4v) is 3.37. The number of carbonyl (C=O) groups is 1. The van der Waals surface area contributed by atoms with Crippen molar-refractivity contribution in [3.05, 3.63) is 29.3 Å². The topological polar surface area (TPSA) is 41.6 Å². The van der Waals surface area contributed by atoms with Crippen molar-refractivity contribution in [3.8, 4) is 5.75 Å². The zero-order valence-corrected chi connectivity index (χ0v) is 14.0. The van der Waals surface area contributed by atoms with Crippen LogP contribution in [-0.4, -0.2) is 43.6 Å². The Morgan fingerprint density at radius 3 is 2.64 bits per heavy atom. The second kappa shape index (κ2) is 8.04. The van der Waals surface area contributed by atoms with Crippen LogP contribution >= 0.6 is 24.0 Å². The first-order valence-electron chi connectivity index (χ1n) is 7.60. The van der Waals surface area contributed by atoms with Crippen molar-refractivity contribution < 1.29 is 9.53 Å². The molecule has 3 rings (SSSR count). The lowest BCUT2D eigenvalue weighted by atomic mass is 10.0. The summed E-state index contributed by atoms with van der Waals surface area (Å²) in [6.07, 6.45) is 1.28. The molecule has 2 fully saturated rings. The highest BCUT2D eigenvalue weighted by Crippen LogP contribution is 2.27. The molecule has 0 aromatic heterocycles. The molecule has 0 saturated carbocycles. The van der Waals surface area contributed by atoms with Gasteiger partial charge in [0.1, 0.15) is 5.75 Å². The molecule has 0 spiro atoms. The van der Waals surface area contributed by atoms with Crippen molar-refractivity contribution in [2.75, 3.05) is 32.8 Å². The lowest BCUT2D eigenvalue weighted by Gasteiger charge is -2.17. The molecule has 2 heterocycles. The van der Waals surface area contributed by atoms with Gasteiger partial charge >= 0.3 is 0 Å². The third-order valence-electron chi connectivity index (χ3n) is 4.37. The molecule has 6 heteroatoms. The summed E-state index contributed by atoms with van der Waals surface area (Å²) < 4.78 is 5.61. The van der Waals surface area contributed by atoms with E-state index in [1.54, 1.807) is 6.07 Å². The van der Waals surface area contributed by atoms with Crippen molar-refractivity contribution >= 4 is 29.9 Å². The van der Waals surface area contributed by atoms with E-state index in [1.165, 1.54) is 0 Å². The Kier molecular flexibility index (Phi) is 6.36. The molecule has 122 valence electrons. The van der Waals surface area contributed by atoms with Crippen LogP contribution in [-0.2, 0) is 4.79 Å². The molecule has 2 aliphatic heterocycles. The quantitative estimate of drug-likeness (QED) is 0.834. The van der Waals surface area contributed by atoms with Gasteiger partial charge in [-0.15, -0.1) is 12.4 Å². The van der Waals surface area contributed by atoms with Gasteiger partial charge in [-0.2, -0.15) is 0 Å². The van der Waals surface area contributed by atoms with Gasteiger partial charge in [0.2, 0.25) is 5.91 Å². The van der Waals surface area contributed by atoms with E-state index in [0.717, 1.165) is 32.6 Å². The highest BCUT2D eigenvalue weighted by molar-refractivity contribution is 6.32. The summed E-state index contributed by atoms with van der Waals surface area (Å²) in [7, 11) is 0. The van der Waals surface area contributed by atoms with Gasteiger partial charge in [-0.1, -0.05) is 23.7 Å². The van der Waals surface area contributed by atoms with Crippen molar-refractivity contribution in [2.45, 2.75) is 12.8 Å². The first-order valence-corrected chi connectivity index (χ1v) is 7.97. The number of rotatable bonds is 5. The summed E-state index contributed by atoms with van der Waals surface area (Å²) in [5, 5.41) is 4.00. The van der Waals surface area contributed by atoms with E-state index >= 15 is 0 Å². The van der Waals surface area contributed by atoms with Crippen molar-refractivity contribution in [2.24, 2.45) is 11.8 Å². The Labute approximate surface area is 142 Å². The van der Waals surface area contributed by atoms with Crippen molar-refractivity contribution in [1.82, 2.24) is 10.2 Å². The molecule has 2 saturated heterocycles. The molecule has 2 atom stereocenters. The van der Waals surface area contributed by atoms with Gasteiger partial charge in [0, 0.05) is 32.6 Å². The number of ether oxygens (including phenoxy) is 1. The van der Waals surface area contributed by atoms with E-state index in [9.17, 15) is 4.79 Å². The number of halogens is 2. The molecule has 1 N–H and O–H groups in total. The fraction of sp³-hybridized carbons (Fsp3) is 0.562. The third kappa shape index (κ3) is 4.06. The van der Waals surface area contributed by atoms with Gasteiger partial charge in [0.25, 0.3) is 0 Å². The van der Waals surface area contributed by atoms with E-state index < -0.39 is 0 Å². The summed E-state index contributed by atoms with van der Waals surface area (Å²) >= 11 is 6.02. The number of nitrogens with zero attached hydrogens (tertiary/aromatic N) is 1. The maximum Gasteiger partial charge on any atom is 0.222 e. The van der Waals surface area contributed by atoms with E-state index in [0.29, 0.717) is 35.6 Å². The van der Waals surface area contributed by atoms with E-state index in [1.807, 2.05) is 23.1 Å². The largest absolute Gasteiger partial charge is 0.492 e. The number of likely N-dealkylation sites (tertiary alicyclic amines) is 1. The van der Waals surface area contributed by atoms with Crippen molar-refractivity contribution in [1.29, 1.82) is 0 Å². The Morgan fingerprint density at radius 1 is 1.27 bits per heavy atom. The molecular formula is C16H22Cl2N2O2. The predicted octanol–water partition coefficient (Wildman–Crippen LogP) is 2.60. The molecule has 1 aromatic rings. The number of carbonyl (C=O) groups excluding carboxylic acids is 1. The van der Waals surface area contributed by atoms with Gasteiger partial charge < -0.3 is 15.0 Å². The lowest BCUT2D eigenvalue weighted by molar-refractivity contribution is -0.130. The third-order valence-corrected chi connectivity index (χ3v) is 4.68. The minimum atomic E-state index is 0. The molecule has 22 heavy (non-hydrogen) atoms. The van der Waals surface area contributed by atoms with Crippen LogP contribution in [0.5, 0.6) is 5.75 Å². The SMILES string of the molecule is Cl.O=C(CCCOc1ccccc1Cl)N1C[C@H]2CNC[C@H]2C1. The number of amides is 1. The lowest BCUT2D eigenvalue weighted by Crippen LogP contribution is -2.31. The van der Waals surface area contributed by atoms with Crippen LogP contribution in [0, 0.1) is 11.8 Å². The molecular weight excluding hydrogens is 323 g/mol. The Hall–Kier alpha value is -0.970. The number of fused-ring (bicyclic) bond motifs is 1. The zero-order chi connectivity index (χ0) is 14.7. The normalized spacial score (nSPS) is 23.0. The molecule has 2 aliphatic rings. The number of para-hydroxylation sites is 1. The summed E-state index contributed by atoms with van der Waals surface area (Å²) in [5.41, 5.74) is 0. The van der Waals surface area contributed by atoms with Gasteiger partial charge in [0.15, 0.2) is 0 Å². The average molecular weight is 345 g/mol. The first-order chi connectivity index (χ1) is 10.2. The summed E-state index contributed by atoms with van der Waals surface area (Å²) in [6.45, 7) is 4.48. The molecule has 0 aliphatic carbocycles. The summed E-state index contributed by atoms with van der Waals surface area (Å²) in [6, 6.07) is 7.42. The van der Waals surface area contributed by atoms with Crippen molar-refractivity contribution in [3.63, 3.8) is 0 Å². The van der Waals surface area contributed by atoms with Crippen LogP contribution < -0.4 is 10.1 Å². The maximum absolute atomic E-state index is 12.2. The minimum absolute atomic E-state index is 0. The van der Waals surface area contributed by atoms with Gasteiger partial charge in [-0.25, -0.2) is 0 Å². The van der Waals surface area contributed by atoms with Gasteiger partial charge in [-0.05, 0) is 30.4 Å². The molecule has 0 radical (unpaired) electrons. The second-order valence-corrected chi connectivity index (χ2v) is 6.27. The molecule has 4 nitrogen and oxygen atoms in total. The summed E-state index contributed by atoms with van der Waals surface area (Å²) in [5.74, 6) is 2.27. The van der Waals surface area contributed by atoms with Crippen LogP contribution in [0.4, 0.5) is 0 Å². The van der Waals surface area contributed by atoms with Crippen LogP contribution in [0.2, 0.25) is 5.02 Å². The molecule has 1 aromatic carbocycles. The molecule has 0 unspecified atom stereocenters. The summed E-state index contributed by atoms with van der Waals surface area (Å²) in [4.78, 5) is 14.2. The second-order valence-electron chi connectivity index (χ2n) is 5.86. The van der Waals surface area contributed by atoms with Gasteiger partial charge in [-0.3, -0.25) is 4.79 Å². The Morgan fingerprint density at radius 2 is 1.95 bits per heavy atom. The van der Waals surface area contributed by atoms with Crippen LogP contribution in [0.25, 0.3) is 0 Å². The van der Waals surface area contributed by atoms with E-state index in [-0.39, 0.29) is 18.3 Å². The molecule has 1 amide bonds. The monoisotopic (exact) mass is 344 g/mol. The van der Waals surface area contributed by atoms with E-state index in [4.69, 9.17) is 16.3 Å². The fourth-order valence-electron chi connectivity index (χ4n) is 3.18. The van der Waals surface area contributed by atoms with Crippen LogP contribution in [0.3, 0.4) is 0 Å². The first kappa shape index (κ1) is 17.4. The highest BCUT2D eigenvalue weighted by atomic mass is 35.5. The number of hydrogen-bond acceptors (Lipinski definition) is 3. The zero-order valence-electron chi connectivity index (χ0n) is 12.5. The smallest absolute Gasteiger partial charge is 0.222 e. The number of benzene rings is 1. The van der Waals surface area contributed by atoms with Crippen LogP contribution in [0.15, 0.2) is 24.3 Å². The van der Waals surface area contributed by atoms with Crippen LogP contribution in [0.1, 0.15) is 12.8 Å².